The molecule has 2 rings (SSSR count). The van der Waals surface area contributed by atoms with E-state index in [2.05, 4.69) is 10.2 Å². The molecule has 18 heavy (non-hydrogen) atoms. The summed E-state index contributed by atoms with van der Waals surface area (Å²) in [5.74, 6) is -0.154. The van der Waals surface area contributed by atoms with Crippen LogP contribution in [0.15, 0.2) is 18.2 Å². The predicted molar refractivity (Wildman–Crippen MR) is 70.2 cm³/mol. The highest BCUT2D eigenvalue weighted by Crippen LogP contribution is 2.26. The van der Waals surface area contributed by atoms with Crippen molar-refractivity contribution >= 4 is 0 Å². The Bertz CT molecular complexity index is 403. The Labute approximate surface area is 108 Å². The van der Waals surface area contributed by atoms with E-state index in [9.17, 15) is 4.39 Å². The van der Waals surface area contributed by atoms with Crippen molar-refractivity contribution in [3.8, 4) is 0 Å². The van der Waals surface area contributed by atoms with Gasteiger partial charge in [-0.3, -0.25) is 0 Å². The molecule has 0 spiro atoms. The van der Waals surface area contributed by atoms with Gasteiger partial charge in [-0.05, 0) is 38.2 Å². The van der Waals surface area contributed by atoms with E-state index in [0.29, 0.717) is 5.56 Å². The molecule has 3 nitrogen and oxygen atoms in total. The molecule has 1 aliphatic rings. The molecule has 1 aromatic carbocycles. The van der Waals surface area contributed by atoms with Crippen molar-refractivity contribution in [2.24, 2.45) is 0 Å². The van der Waals surface area contributed by atoms with Gasteiger partial charge in [0.2, 0.25) is 0 Å². The van der Waals surface area contributed by atoms with Gasteiger partial charge in [-0.15, -0.1) is 0 Å². The van der Waals surface area contributed by atoms with Gasteiger partial charge in [-0.1, -0.05) is 12.1 Å². The van der Waals surface area contributed by atoms with Crippen LogP contribution in [0, 0.1) is 12.7 Å². The normalized spacial score (nSPS) is 22.2. The fraction of sp³-hybridized carbons (Fsp3) is 0.571. The van der Waals surface area contributed by atoms with Crippen LogP contribution in [0.4, 0.5) is 4.39 Å². The zero-order valence-corrected chi connectivity index (χ0v) is 11.2. The van der Waals surface area contributed by atoms with Gasteiger partial charge in [0, 0.05) is 13.1 Å². The smallest absolute Gasteiger partial charge is 0.126 e. The standard InChI is InChI=1S/C14H21FN2O/c1-10-8-11(4-5-12(10)15)14(17(2)3)13-9-16-6-7-18-13/h4-5,8,13-14,16H,6-7,9H2,1-3H3. The third-order valence-corrected chi connectivity index (χ3v) is 3.39. The molecule has 0 radical (unpaired) electrons. The maximum Gasteiger partial charge on any atom is 0.126 e. The first-order valence-corrected chi connectivity index (χ1v) is 6.34. The van der Waals surface area contributed by atoms with Gasteiger partial charge in [-0.25, -0.2) is 4.39 Å². The molecule has 2 atom stereocenters. The minimum absolute atomic E-state index is 0.110. The lowest BCUT2D eigenvalue weighted by atomic mass is 9.97. The van der Waals surface area contributed by atoms with Crippen LogP contribution >= 0.6 is 0 Å². The minimum atomic E-state index is -0.154. The summed E-state index contributed by atoms with van der Waals surface area (Å²) in [6.07, 6.45) is 0.110. The lowest BCUT2D eigenvalue weighted by Gasteiger charge is -2.35. The summed E-state index contributed by atoms with van der Waals surface area (Å²) in [6, 6.07) is 5.46. The van der Waals surface area contributed by atoms with Crippen molar-refractivity contribution in [1.29, 1.82) is 0 Å². The number of nitrogens with one attached hydrogen (secondary N) is 1. The molecular formula is C14H21FN2O. The van der Waals surface area contributed by atoms with Gasteiger partial charge in [0.15, 0.2) is 0 Å². The molecular weight excluding hydrogens is 231 g/mol. The molecule has 1 aliphatic heterocycles. The van der Waals surface area contributed by atoms with Gasteiger partial charge < -0.3 is 15.0 Å². The average Bonchev–Trinajstić information content (AvgIpc) is 2.35. The summed E-state index contributed by atoms with van der Waals surface area (Å²) in [7, 11) is 4.06. The number of hydrogen-bond donors (Lipinski definition) is 1. The van der Waals surface area contributed by atoms with Gasteiger partial charge in [0.1, 0.15) is 5.82 Å². The van der Waals surface area contributed by atoms with Gasteiger partial charge in [0.05, 0.1) is 18.8 Å². The molecule has 1 heterocycles. The quantitative estimate of drug-likeness (QED) is 0.886. The van der Waals surface area contributed by atoms with E-state index in [1.54, 1.807) is 6.92 Å². The maximum absolute atomic E-state index is 13.3. The molecule has 4 heteroatoms. The van der Waals surface area contributed by atoms with E-state index in [0.717, 1.165) is 25.3 Å². The molecule has 0 saturated carbocycles. The zero-order valence-electron chi connectivity index (χ0n) is 11.2. The lowest BCUT2D eigenvalue weighted by Crippen LogP contribution is -2.45. The van der Waals surface area contributed by atoms with E-state index >= 15 is 0 Å². The fourth-order valence-electron chi connectivity index (χ4n) is 2.49. The summed E-state index contributed by atoms with van der Waals surface area (Å²) >= 11 is 0. The van der Waals surface area contributed by atoms with Crippen molar-refractivity contribution in [2.45, 2.75) is 19.1 Å². The maximum atomic E-state index is 13.3. The van der Waals surface area contributed by atoms with Crippen molar-refractivity contribution in [2.75, 3.05) is 33.8 Å². The topological polar surface area (TPSA) is 24.5 Å². The van der Waals surface area contributed by atoms with Crippen LogP contribution in [0.1, 0.15) is 17.2 Å². The fourth-order valence-corrected chi connectivity index (χ4v) is 2.49. The monoisotopic (exact) mass is 252 g/mol. The van der Waals surface area contributed by atoms with Crippen LogP contribution in [0.5, 0.6) is 0 Å². The first-order valence-electron chi connectivity index (χ1n) is 6.34. The summed E-state index contributed by atoms with van der Waals surface area (Å²) in [6.45, 7) is 4.26. The number of ether oxygens (including phenoxy) is 1. The number of nitrogens with zero attached hydrogens (tertiary/aromatic N) is 1. The van der Waals surface area contributed by atoms with Gasteiger partial charge >= 0.3 is 0 Å². The van der Waals surface area contributed by atoms with Crippen molar-refractivity contribution < 1.29 is 9.13 Å². The van der Waals surface area contributed by atoms with E-state index < -0.39 is 0 Å². The molecule has 1 aromatic rings. The van der Waals surface area contributed by atoms with Crippen molar-refractivity contribution in [3.05, 3.63) is 35.1 Å². The Hall–Kier alpha value is -0.970. The molecule has 1 saturated heterocycles. The Morgan fingerprint density at radius 2 is 2.22 bits per heavy atom. The summed E-state index contributed by atoms with van der Waals surface area (Å²) in [5, 5.41) is 3.34. The van der Waals surface area contributed by atoms with Crippen molar-refractivity contribution in [3.63, 3.8) is 0 Å². The first kappa shape index (κ1) is 13.5. The van der Waals surface area contributed by atoms with E-state index in [1.165, 1.54) is 6.07 Å². The number of hydrogen-bond acceptors (Lipinski definition) is 3. The molecule has 1 N–H and O–H groups in total. The van der Waals surface area contributed by atoms with Gasteiger partial charge in [0.25, 0.3) is 0 Å². The summed E-state index contributed by atoms with van der Waals surface area (Å²) in [4.78, 5) is 2.13. The predicted octanol–water partition coefficient (Wildman–Crippen LogP) is 1.73. The largest absolute Gasteiger partial charge is 0.374 e. The highest BCUT2D eigenvalue weighted by atomic mass is 19.1. The van der Waals surface area contributed by atoms with Crippen LogP contribution in [0.2, 0.25) is 0 Å². The second-order valence-corrected chi connectivity index (χ2v) is 5.03. The van der Waals surface area contributed by atoms with Gasteiger partial charge in [-0.2, -0.15) is 0 Å². The van der Waals surface area contributed by atoms with E-state index in [-0.39, 0.29) is 18.0 Å². The average molecular weight is 252 g/mol. The summed E-state index contributed by atoms with van der Waals surface area (Å²) in [5.41, 5.74) is 1.79. The Balaban J connectivity index is 2.25. The molecule has 0 aliphatic carbocycles. The minimum Gasteiger partial charge on any atom is -0.374 e. The second kappa shape index (κ2) is 5.78. The molecule has 1 fully saturated rings. The second-order valence-electron chi connectivity index (χ2n) is 5.03. The Morgan fingerprint density at radius 3 is 2.78 bits per heavy atom. The number of likely N-dealkylation sites (N-methyl/N-ethyl adjacent to an activating group) is 1. The highest BCUT2D eigenvalue weighted by molar-refractivity contribution is 5.27. The highest BCUT2D eigenvalue weighted by Gasteiger charge is 2.27. The molecule has 0 amide bonds. The SMILES string of the molecule is Cc1cc(C(C2CNCCO2)N(C)C)ccc1F. The number of halogens is 1. The van der Waals surface area contributed by atoms with E-state index in [1.807, 2.05) is 26.2 Å². The Kier molecular flexibility index (Phi) is 4.32. The number of morpholine rings is 1. The number of rotatable bonds is 3. The molecule has 0 bridgehead atoms. The van der Waals surface area contributed by atoms with Crippen LogP contribution < -0.4 is 5.32 Å². The van der Waals surface area contributed by atoms with Crippen LogP contribution in [-0.4, -0.2) is 44.8 Å². The number of aryl methyl sites for hydroxylation is 1. The third-order valence-electron chi connectivity index (χ3n) is 3.39. The first-order chi connectivity index (χ1) is 8.59. The van der Waals surface area contributed by atoms with Crippen molar-refractivity contribution in [1.82, 2.24) is 10.2 Å². The third kappa shape index (κ3) is 2.88. The summed E-state index contributed by atoms with van der Waals surface area (Å²) < 4.78 is 19.2. The zero-order chi connectivity index (χ0) is 13.1. The van der Waals surface area contributed by atoms with Crippen LogP contribution in [0.3, 0.4) is 0 Å². The Morgan fingerprint density at radius 1 is 1.44 bits per heavy atom. The lowest BCUT2D eigenvalue weighted by molar-refractivity contribution is -0.0212. The number of benzene rings is 1. The van der Waals surface area contributed by atoms with Crippen LogP contribution in [0.25, 0.3) is 0 Å². The molecule has 0 aromatic heterocycles. The van der Waals surface area contributed by atoms with Crippen LogP contribution in [-0.2, 0) is 4.74 Å². The molecule has 2 unspecified atom stereocenters. The van der Waals surface area contributed by atoms with E-state index in [4.69, 9.17) is 4.74 Å². The molecule has 100 valence electrons.